The Hall–Kier alpha value is -1.82. The standard InChI is InChI=1S/C11H15NO5/c1-16-9-4-5-10(12(14)15)11(8-9)17-7-3-2-6-13/h4-5,8,13H,2-3,6-7H2,1H3. The van der Waals surface area contributed by atoms with E-state index in [2.05, 4.69) is 0 Å². The molecular weight excluding hydrogens is 226 g/mol. The minimum atomic E-state index is -0.499. The number of rotatable bonds is 7. The third kappa shape index (κ3) is 3.92. The van der Waals surface area contributed by atoms with Crippen LogP contribution >= 0.6 is 0 Å². The van der Waals surface area contributed by atoms with Gasteiger partial charge in [0.15, 0.2) is 0 Å². The molecule has 0 saturated carbocycles. The van der Waals surface area contributed by atoms with Crippen molar-refractivity contribution in [2.24, 2.45) is 0 Å². The number of nitro groups is 1. The summed E-state index contributed by atoms with van der Waals surface area (Å²) < 4.78 is 10.3. The van der Waals surface area contributed by atoms with Crippen molar-refractivity contribution in [3.05, 3.63) is 28.3 Å². The zero-order valence-corrected chi connectivity index (χ0v) is 9.59. The molecule has 0 aliphatic carbocycles. The van der Waals surface area contributed by atoms with Crippen molar-refractivity contribution in [3.8, 4) is 11.5 Å². The predicted molar refractivity (Wildman–Crippen MR) is 61.5 cm³/mol. The van der Waals surface area contributed by atoms with E-state index >= 15 is 0 Å². The molecule has 0 saturated heterocycles. The van der Waals surface area contributed by atoms with E-state index in [9.17, 15) is 10.1 Å². The number of methoxy groups -OCH3 is 1. The lowest BCUT2D eigenvalue weighted by Crippen LogP contribution is -2.01. The molecule has 0 fully saturated rings. The number of hydrogen-bond donors (Lipinski definition) is 1. The lowest BCUT2D eigenvalue weighted by molar-refractivity contribution is -0.385. The third-order valence-corrected chi connectivity index (χ3v) is 2.17. The van der Waals surface area contributed by atoms with Crippen LogP contribution in [0.25, 0.3) is 0 Å². The van der Waals surface area contributed by atoms with Gasteiger partial charge in [-0.25, -0.2) is 0 Å². The van der Waals surface area contributed by atoms with Gasteiger partial charge in [0.1, 0.15) is 5.75 Å². The highest BCUT2D eigenvalue weighted by atomic mass is 16.6. The van der Waals surface area contributed by atoms with Crippen LogP contribution in [0.2, 0.25) is 0 Å². The molecule has 1 N–H and O–H groups in total. The second-order valence-corrected chi connectivity index (χ2v) is 3.37. The van der Waals surface area contributed by atoms with Crippen molar-refractivity contribution >= 4 is 5.69 Å². The Morgan fingerprint density at radius 1 is 1.41 bits per heavy atom. The van der Waals surface area contributed by atoms with Crippen LogP contribution in [0.15, 0.2) is 18.2 Å². The highest BCUT2D eigenvalue weighted by Crippen LogP contribution is 2.31. The molecule has 0 spiro atoms. The van der Waals surface area contributed by atoms with E-state index in [0.717, 1.165) is 0 Å². The number of hydrogen-bond acceptors (Lipinski definition) is 5. The van der Waals surface area contributed by atoms with Gasteiger partial charge in [0.05, 0.1) is 18.6 Å². The molecule has 6 nitrogen and oxygen atoms in total. The number of unbranched alkanes of at least 4 members (excludes halogenated alkanes) is 1. The molecule has 1 aromatic rings. The van der Waals surface area contributed by atoms with E-state index in [1.165, 1.54) is 25.3 Å². The number of aliphatic hydroxyl groups is 1. The minimum absolute atomic E-state index is 0.0869. The smallest absolute Gasteiger partial charge is 0.311 e. The summed E-state index contributed by atoms with van der Waals surface area (Å²) in [6.07, 6.45) is 1.25. The summed E-state index contributed by atoms with van der Waals surface area (Å²) in [5.74, 6) is 0.694. The summed E-state index contributed by atoms with van der Waals surface area (Å²) in [6.45, 7) is 0.415. The Labute approximate surface area is 98.9 Å². The highest BCUT2D eigenvalue weighted by Gasteiger charge is 2.15. The van der Waals surface area contributed by atoms with E-state index in [4.69, 9.17) is 14.6 Å². The molecule has 0 heterocycles. The molecule has 94 valence electrons. The molecule has 6 heteroatoms. The summed E-state index contributed by atoms with van der Waals surface area (Å²) in [4.78, 5) is 10.3. The molecule has 0 aliphatic heterocycles. The quantitative estimate of drug-likeness (QED) is 0.447. The molecule has 0 amide bonds. The lowest BCUT2D eigenvalue weighted by Gasteiger charge is -2.07. The van der Waals surface area contributed by atoms with Crippen LogP contribution in [0, 0.1) is 10.1 Å². The predicted octanol–water partition coefficient (Wildman–Crippen LogP) is 1.75. The highest BCUT2D eigenvalue weighted by molar-refractivity contribution is 5.50. The van der Waals surface area contributed by atoms with E-state index in [1.807, 2.05) is 0 Å². The van der Waals surface area contributed by atoms with Gasteiger partial charge in [0.25, 0.3) is 0 Å². The fourth-order valence-corrected chi connectivity index (χ4v) is 1.28. The van der Waals surface area contributed by atoms with Crippen molar-refractivity contribution in [1.29, 1.82) is 0 Å². The molecule has 1 rings (SSSR count). The maximum atomic E-state index is 10.8. The van der Waals surface area contributed by atoms with Gasteiger partial charge in [-0.15, -0.1) is 0 Å². The van der Waals surface area contributed by atoms with Gasteiger partial charge < -0.3 is 14.6 Å². The zero-order chi connectivity index (χ0) is 12.7. The molecular formula is C11H15NO5. The SMILES string of the molecule is COc1ccc([N+](=O)[O-])c(OCCCCO)c1. The third-order valence-electron chi connectivity index (χ3n) is 2.17. The van der Waals surface area contributed by atoms with Gasteiger partial charge in [-0.2, -0.15) is 0 Å². The van der Waals surface area contributed by atoms with Crippen LogP contribution in [-0.4, -0.2) is 30.4 Å². The van der Waals surface area contributed by atoms with Gasteiger partial charge >= 0.3 is 5.69 Å². The molecule has 0 aromatic heterocycles. The molecule has 0 radical (unpaired) electrons. The number of ether oxygens (including phenoxy) is 2. The van der Waals surface area contributed by atoms with Crippen molar-refractivity contribution in [3.63, 3.8) is 0 Å². The Kier molecular flexibility index (Phi) is 5.22. The van der Waals surface area contributed by atoms with Crippen LogP contribution in [0.5, 0.6) is 11.5 Å². The first-order chi connectivity index (χ1) is 8.19. The van der Waals surface area contributed by atoms with E-state index in [1.54, 1.807) is 0 Å². The molecule has 0 atom stereocenters. The van der Waals surface area contributed by atoms with Gasteiger partial charge in [0.2, 0.25) is 5.75 Å². The first kappa shape index (κ1) is 13.2. The largest absolute Gasteiger partial charge is 0.497 e. The van der Waals surface area contributed by atoms with Crippen LogP contribution in [0.1, 0.15) is 12.8 Å². The van der Waals surface area contributed by atoms with E-state index < -0.39 is 4.92 Å². The molecule has 17 heavy (non-hydrogen) atoms. The molecule has 0 aliphatic rings. The summed E-state index contributed by atoms with van der Waals surface area (Å²) in [5, 5.41) is 19.4. The van der Waals surface area contributed by atoms with Gasteiger partial charge in [-0.3, -0.25) is 10.1 Å². The van der Waals surface area contributed by atoms with Crippen molar-refractivity contribution in [2.45, 2.75) is 12.8 Å². The Morgan fingerprint density at radius 2 is 2.18 bits per heavy atom. The zero-order valence-electron chi connectivity index (χ0n) is 9.59. The fourth-order valence-electron chi connectivity index (χ4n) is 1.28. The van der Waals surface area contributed by atoms with Crippen molar-refractivity contribution in [1.82, 2.24) is 0 Å². The summed E-state index contributed by atoms with van der Waals surface area (Å²) in [5.41, 5.74) is -0.0881. The first-order valence-electron chi connectivity index (χ1n) is 5.25. The van der Waals surface area contributed by atoms with Crippen LogP contribution in [-0.2, 0) is 0 Å². The lowest BCUT2D eigenvalue weighted by atomic mass is 10.2. The van der Waals surface area contributed by atoms with Gasteiger partial charge in [-0.05, 0) is 18.9 Å². The number of aliphatic hydroxyl groups excluding tert-OH is 1. The fraction of sp³-hybridized carbons (Fsp3) is 0.455. The van der Waals surface area contributed by atoms with E-state index in [-0.39, 0.29) is 18.0 Å². The number of benzene rings is 1. The van der Waals surface area contributed by atoms with Crippen molar-refractivity contribution < 1.29 is 19.5 Å². The minimum Gasteiger partial charge on any atom is -0.497 e. The molecule has 0 bridgehead atoms. The maximum Gasteiger partial charge on any atom is 0.311 e. The van der Waals surface area contributed by atoms with Crippen molar-refractivity contribution in [2.75, 3.05) is 20.3 Å². The second-order valence-electron chi connectivity index (χ2n) is 3.37. The Balaban J connectivity index is 2.75. The van der Waals surface area contributed by atoms with E-state index in [0.29, 0.717) is 25.2 Å². The van der Waals surface area contributed by atoms with Crippen LogP contribution in [0.3, 0.4) is 0 Å². The maximum absolute atomic E-state index is 10.8. The Morgan fingerprint density at radius 3 is 2.76 bits per heavy atom. The summed E-state index contributed by atoms with van der Waals surface area (Å²) in [6, 6.07) is 4.34. The molecule has 1 aromatic carbocycles. The second kappa shape index (κ2) is 6.70. The average molecular weight is 241 g/mol. The van der Waals surface area contributed by atoms with Crippen LogP contribution in [0.4, 0.5) is 5.69 Å². The average Bonchev–Trinajstić information content (AvgIpc) is 2.34. The monoisotopic (exact) mass is 241 g/mol. The van der Waals surface area contributed by atoms with Gasteiger partial charge in [-0.1, -0.05) is 0 Å². The number of nitrogens with zero attached hydrogens (tertiary/aromatic N) is 1. The topological polar surface area (TPSA) is 81.8 Å². The number of nitro benzene ring substituents is 1. The normalized spacial score (nSPS) is 10.0. The Bertz CT molecular complexity index is 380. The summed E-state index contributed by atoms with van der Waals surface area (Å²) in [7, 11) is 1.48. The van der Waals surface area contributed by atoms with Crippen LogP contribution < -0.4 is 9.47 Å². The first-order valence-corrected chi connectivity index (χ1v) is 5.25. The summed E-state index contributed by atoms with van der Waals surface area (Å²) >= 11 is 0. The molecule has 0 unspecified atom stereocenters. The van der Waals surface area contributed by atoms with Gasteiger partial charge in [0, 0.05) is 18.7 Å².